The average molecular weight is 537 g/mol. The fourth-order valence-corrected chi connectivity index (χ4v) is 5.16. The molecule has 1 heterocycles. The van der Waals surface area contributed by atoms with Crippen molar-refractivity contribution in [2.24, 2.45) is 0 Å². The van der Waals surface area contributed by atoms with Crippen LogP contribution in [-0.2, 0) is 39.0 Å². The first-order valence-corrected chi connectivity index (χ1v) is 14.1. The Morgan fingerprint density at radius 3 is 2.47 bits per heavy atom. The molecule has 0 saturated heterocycles. The topological polar surface area (TPSA) is 102 Å². The second kappa shape index (κ2) is 10.9. The number of Topliss-reactive ketones (excluding diaryl/α,β-unsaturated/α-hetero) is 2. The number of benzene rings is 2. The Kier molecular flexibility index (Phi) is 7.78. The van der Waals surface area contributed by atoms with Crippen LogP contribution in [0.15, 0.2) is 54.6 Å². The molecule has 1 aliphatic carbocycles. The molecule has 0 saturated carbocycles. The Morgan fingerprint density at radius 1 is 1.08 bits per heavy atom. The lowest BCUT2D eigenvalue weighted by Gasteiger charge is -2.15. The number of carbonyl (C=O) groups excluding carboxylic acids is 3. The van der Waals surface area contributed by atoms with Gasteiger partial charge < -0.3 is 4.57 Å². The predicted octanol–water partition coefficient (Wildman–Crippen LogP) is 4.51. The zero-order valence-corrected chi connectivity index (χ0v) is 22.3. The molecule has 9 heteroatoms. The summed E-state index contributed by atoms with van der Waals surface area (Å²) in [5.41, 5.74) is 2.91. The van der Waals surface area contributed by atoms with Crippen molar-refractivity contribution < 1.29 is 27.2 Å². The molecule has 0 spiro atoms. The van der Waals surface area contributed by atoms with Gasteiger partial charge in [-0.3, -0.25) is 14.4 Å². The third-order valence-electron chi connectivity index (χ3n) is 6.54. The van der Waals surface area contributed by atoms with Gasteiger partial charge in [0.25, 0.3) is 5.91 Å². The van der Waals surface area contributed by atoms with Crippen molar-refractivity contribution in [1.29, 1.82) is 0 Å². The standard InChI is InChI=1S/C29H29FN2O5S/c1-4-19-11-13-25-23(16-19)27(22-8-6-7-9-26(22)34)28(29(35)31-38(36,37)5-2)32(25)17-21-15-20(14-18(3)33)10-12-24(21)30/h6-8,10-13,15-16H,4-5,9,14,17H2,1-3H3,(H,31,35). The molecule has 1 aliphatic rings. The molecule has 3 aromatic rings. The van der Waals surface area contributed by atoms with Crippen LogP contribution in [0.5, 0.6) is 0 Å². The van der Waals surface area contributed by atoms with Crippen LogP contribution in [0.25, 0.3) is 16.5 Å². The van der Waals surface area contributed by atoms with E-state index in [2.05, 4.69) is 4.72 Å². The average Bonchev–Trinajstić information content (AvgIpc) is 3.19. The van der Waals surface area contributed by atoms with Crippen LogP contribution in [0, 0.1) is 5.82 Å². The molecule has 38 heavy (non-hydrogen) atoms. The molecule has 7 nitrogen and oxygen atoms in total. The van der Waals surface area contributed by atoms with Gasteiger partial charge in [0.1, 0.15) is 17.3 Å². The summed E-state index contributed by atoms with van der Waals surface area (Å²) in [5.74, 6) is -2.05. The molecule has 2 aromatic carbocycles. The minimum absolute atomic E-state index is 0.0449. The maximum absolute atomic E-state index is 15.0. The number of allylic oxidation sites excluding steroid dienone is 4. The number of ketones is 2. The molecular formula is C29H29FN2O5S. The van der Waals surface area contributed by atoms with Gasteiger partial charge in [-0.05, 0) is 49.6 Å². The van der Waals surface area contributed by atoms with Gasteiger partial charge in [-0.1, -0.05) is 43.4 Å². The number of hydrogen-bond donors (Lipinski definition) is 1. The van der Waals surface area contributed by atoms with E-state index in [9.17, 15) is 22.8 Å². The summed E-state index contributed by atoms with van der Waals surface area (Å²) < 4.78 is 43.5. The molecule has 4 rings (SSSR count). The van der Waals surface area contributed by atoms with E-state index in [1.807, 2.05) is 19.1 Å². The number of aromatic nitrogens is 1. The largest absolute Gasteiger partial charge is 0.331 e. The number of aryl methyl sites for hydroxylation is 1. The summed E-state index contributed by atoms with van der Waals surface area (Å²) in [6.07, 6.45) is 6.00. The molecular weight excluding hydrogens is 507 g/mol. The van der Waals surface area contributed by atoms with Gasteiger partial charge in [0, 0.05) is 40.4 Å². The van der Waals surface area contributed by atoms with Crippen molar-refractivity contribution in [2.75, 3.05) is 5.75 Å². The lowest BCUT2D eigenvalue weighted by atomic mass is 9.93. The maximum Gasteiger partial charge on any atom is 0.282 e. The van der Waals surface area contributed by atoms with Crippen LogP contribution in [0.3, 0.4) is 0 Å². The number of carbonyl (C=O) groups is 3. The molecule has 0 unspecified atom stereocenters. The van der Waals surface area contributed by atoms with Crippen molar-refractivity contribution in [3.8, 4) is 0 Å². The van der Waals surface area contributed by atoms with E-state index in [1.165, 1.54) is 26.0 Å². The summed E-state index contributed by atoms with van der Waals surface area (Å²) >= 11 is 0. The highest BCUT2D eigenvalue weighted by atomic mass is 32.2. The molecule has 0 aliphatic heterocycles. The first kappa shape index (κ1) is 27.2. The Morgan fingerprint density at radius 2 is 1.82 bits per heavy atom. The van der Waals surface area contributed by atoms with Gasteiger partial charge in [0.15, 0.2) is 5.78 Å². The van der Waals surface area contributed by atoms with Gasteiger partial charge in [0.2, 0.25) is 10.0 Å². The van der Waals surface area contributed by atoms with Crippen molar-refractivity contribution in [2.45, 2.75) is 46.6 Å². The minimum Gasteiger partial charge on any atom is -0.331 e. The molecule has 1 aromatic heterocycles. The molecule has 198 valence electrons. The highest BCUT2D eigenvalue weighted by Gasteiger charge is 2.30. The van der Waals surface area contributed by atoms with Gasteiger partial charge >= 0.3 is 0 Å². The Bertz CT molecular complexity index is 1630. The first-order chi connectivity index (χ1) is 18.0. The lowest BCUT2D eigenvalue weighted by Crippen LogP contribution is -2.34. The number of sulfonamides is 1. The van der Waals surface area contributed by atoms with Crippen LogP contribution < -0.4 is 4.72 Å². The van der Waals surface area contributed by atoms with Crippen molar-refractivity contribution in [3.05, 3.63) is 88.4 Å². The van der Waals surface area contributed by atoms with Crippen molar-refractivity contribution in [3.63, 3.8) is 0 Å². The van der Waals surface area contributed by atoms with Gasteiger partial charge in [-0.2, -0.15) is 0 Å². The van der Waals surface area contributed by atoms with Crippen LogP contribution >= 0.6 is 0 Å². The monoisotopic (exact) mass is 536 g/mol. The number of rotatable bonds is 9. The smallest absolute Gasteiger partial charge is 0.282 e. The van der Waals surface area contributed by atoms with E-state index in [0.29, 0.717) is 28.5 Å². The van der Waals surface area contributed by atoms with Crippen LogP contribution in [0.4, 0.5) is 4.39 Å². The SMILES string of the molecule is CCc1ccc2c(c1)c(C1=CC=CCC1=O)c(C(=O)NS(=O)(=O)CC)n2Cc1cc(CC(C)=O)ccc1F. The zero-order chi connectivity index (χ0) is 27.6. The fourth-order valence-electron chi connectivity index (χ4n) is 4.64. The quantitative estimate of drug-likeness (QED) is 0.433. The molecule has 1 N–H and O–H groups in total. The van der Waals surface area contributed by atoms with Crippen LogP contribution in [0.2, 0.25) is 0 Å². The molecule has 1 amide bonds. The predicted molar refractivity (Wildman–Crippen MR) is 145 cm³/mol. The van der Waals surface area contributed by atoms with Crippen molar-refractivity contribution >= 4 is 44.0 Å². The van der Waals surface area contributed by atoms with Crippen LogP contribution in [-0.4, -0.2) is 36.2 Å². The van der Waals surface area contributed by atoms with E-state index in [0.717, 1.165) is 5.56 Å². The molecule has 0 radical (unpaired) electrons. The zero-order valence-electron chi connectivity index (χ0n) is 21.5. The lowest BCUT2D eigenvalue weighted by molar-refractivity contribution is -0.116. The molecule has 0 bridgehead atoms. The van der Waals surface area contributed by atoms with Crippen molar-refractivity contribution in [1.82, 2.24) is 9.29 Å². The van der Waals surface area contributed by atoms with E-state index in [4.69, 9.17) is 0 Å². The van der Waals surface area contributed by atoms with E-state index in [-0.39, 0.29) is 53.5 Å². The first-order valence-electron chi connectivity index (χ1n) is 12.4. The third kappa shape index (κ3) is 5.52. The Labute approximate surface area is 221 Å². The van der Waals surface area contributed by atoms with E-state index >= 15 is 4.39 Å². The van der Waals surface area contributed by atoms with Gasteiger partial charge in [0.05, 0.1) is 12.3 Å². The number of halogens is 1. The molecule has 0 atom stereocenters. The highest BCUT2D eigenvalue weighted by Crippen LogP contribution is 2.36. The number of nitrogens with zero attached hydrogens (tertiary/aromatic N) is 1. The van der Waals surface area contributed by atoms with E-state index < -0.39 is 21.7 Å². The summed E-state index contributed by atoms with van der Waals surface area (Å²) in [6, 6.07) is 9.93. The van der Waals surface area contributed by atoms with E-state index in [1.54, 1.807) is 34.9 Å². The number of hydrogen-bond acceptors (Lipinski definition) is 5. The second-order valence-corrected chi connectivity index (χ2v) is 11.3. The Hall–Kier alpha value is -3.85. The van der Waals surface area contributed by atoms with Gasteiger partial charge in [-0.25, -0.2) is 17.5 Å². The second-order valence-electron chi connectivity index (χ2n) is 9.29. The normalized spacial score (nSPS) is 13.6. The Balaban J connectivity index is 2.03. The highest BCUT2D eigenvalue weighted by molar-refractivity contribution is 7.90. The molecule has 0 fully saturated rings. The summed E-state index contributed by atoms with van der Waals surface area (Å²) in [7, 11) is -3.94. The maximum atomic E-state index is 15.0. The van der Waals surface area contributed by atoms with Gasteiger partial charge in [-0.15, -0.1) is 0 Å². The number of fused-ring (bicyclic) bond motifs is 1. The minimum atomic E-state index is -3.94. The third-order valence-corrected chi connectivity index (χ3v) is 7.80. The summed E-state index contributed by atoms with van der Waals surface area (Å²) in [4.78, 5) is 38.3. The summed E-state index contributed by atoms with van der Waals surface area (Å²) in [5, 5.41) is 0.596. The number of nitrogens with one attached hydrogen (secondary N) is 1. The van der Waals surface area contributed by atoms with Crippen LogP contribution in [0.1, 0.15) is 59.9 Å². The summed E-state index contributed by atoms with van der Waals surface area (Å²) in [6.45, 7) is 4.71. The fraction of sp³-hybridized carbons (Fsp3) is 0.276. The number of amides is 1.